The minimum atomic E-state index is 0.0236. The molecule has 4 aromatic rings. The average Bonchev–Trinajstić information content (AvgIpc) is 2.82. The molecule has 6 heteroatoms. The van der Waals surface area contributed by atoms with Crippen molar-refractivity contribution in [2.24, 2.45) is 16.2 Å². The first-order chi connectivity index (χ1) is 15.2. The summed E-state index contributed by atoms with van der Waals surface area (Å²) in [7, 11) is 0. The van der Waals surface area contributed by atoms with E-state index < -0.39 is 0 Å². The number of nitrogens with two attached hydrogens (primary N) is 1. The summed E-state index contributed by atoms with van der Waals surface area (Å²) in [5.41, 5.74) is 4.45. The van der Waals surface area contributed by atoms with Crippen molar-refractivity contribution in [3.8, 4) is 5.75 Å². The monoisotopic (exact) mass is 407 g/mol. The van der Waals surface area contributed by atoms with Crippen LogP contribution in [0.3, 0.4) is 0 Å². The highest BCUT2D eigenvalue weighted by Gasteiger charge is 2.02. The van der Waals surface area contributed by atoms with Gasteiger partial charge in [0.25, 0.3) is 0 Å². The third-order valence-electron chi connectivity index (χ3n) is 4.69. The Labute approximate surface area is 180 Å². The molecule has 0 aliphatic carbocycles. The van der Waals surface area contributed by atoms with Gasteiger partial charge in [-0.25, -0.2) is 4.98 Å². The maximum atomic E-state index is 7.83. The molecule has 152 valence electrons. The van der Waals surface area contributed by atoms with Gasteiger partial charge >= 0.3 is 0 Å². The molecule has 0 aliphatic heterocycles. The molecule has 0 saturated heterocycles. The Balaban J connectivity index is 1.44. The summed E-state index contributed by atoms with van der Waals surface area (Å²) in [5, 5.41) is 15.7. The van der Waals surface area contributed by atoms with Gasteiger partial charge in [0.2, 0.25) is 0 Å². The molecular weight excluding hydrogens is 386 g/mol. The second kappa shape index (κ2) is 9.45. The first kappa shape index (κ1) is 20.0. The second-order valence-corrected chi connectivity index (χ2v) is 6.88. The zero-order chi connectivity index (χ0) is 21.5. The summed E-state index contributed by atoms with van der Waals surface area (Å²) in [6.45, 7) is 0.401. The predicted molar refractivity (Wildman–Crippen MR) is 124 cm³/mol. The molecule has 0 radical (unpaired) electrons. The van der Waals surface area contributed by atoms with E-state index in [4.69, 9.17) is 16.0 Å². The van der Waals surface area contributed by atoms with Gasteiger partial charge in [0, 0.05) is 10.9 Å². The molecule has 0 bridgehead atoms. The van der Waals surface area contributed by atoms with E-state index in [1.54, 1.807) is 6.07 Å². The van der Waals surface area contributed by atoms with Gasteiger partial charge in [-0.2, -0.15) is 0 Å². The molecule has 31 heavy (non-hydrogen) atoms. The standard InChI is InChI=1S/C25H21N5O/c26-25(29-30-27)21-8-3-5-18(15-21)11-12-19-6-4-9-23(16-19)31-17-22-14-13-20-7-1-2-10-24(20)28-22/h1-16H,17H2,(H3,26,27,29)/b12-11+. The van der Waals surface area contributed by atoms with Gasteiger partial charge in [0.1, 0.15) is 12.4 Å². The van der Waals surface area contributed by atoms with Gasteiger partial charge in [-0.1, -0.05) is 72.0 Å². The number of para-hydroxylation sites is 1. The van der Waals surface area contributed by atoms with Gasteiger partial charge < -0.3 is 10.6 Å². The number of nitrogens with zero attached hydrogens (tertiary/aromatic N) is 3. The van der Waals surface area contributed by atoms with Crippen LogP contribution >= 0.6 is 0 Å². The predicted octanol–water partition coefficient (Wildman–Crippen LogP) is 5.64. The van der Waals surface area contributed by atoms with Gasteiger partial charge in [-0.05, 0) is 41.5 Å². The van der Waals surface area contributed by atoms with Crippen molar-refractivity contribution in [2.45, 2.75) is 6.61 Å². The summed E-state index contributed by atoms with van der Waals surface area (Å²) in [6, 6.07) is 27.4. The van der Waals surface area contributed by atoms with Crippen LogP contribution in [-0.4, -0.2) is 10.8 Å². The minimum Gasteiger partial charge on any atom is -0.487 e. The summed E-state index contributed by atoms with van der Waals surface area (Å²) in [5.74, 6) is 5.83. The number of benzene rings is 3. The van der Waals surface area contributed by atoms with Gasteiger partial charge in [-0.3, -0.25) is 5.41 Å². The molecule has 0 aliphatic rings. The number of hydrogen-bond acceptors (Lipinski definition) is 4. The number of amidine groups is 1. The summed E-state index contributed by atoms with van der Waals surface area (Å²) in [6.07, 6.45) is 3.97. The Morgan fingerprint density at radius 3 is 2.52 bits per heavy atom. The molecule has 0 atom stereocenters. The van der Waals surface area contributed by atoms with Crippen molar-refractivity contribution in [1.29, 1.82) is 5.41 Å². The minimum absolute atomic E-state index is 0.0236. The van der Waals surface area contributed by atoms with Crippen molar-refractivity contribution in [1.82, 2.24) is 4.98 Å². The van der Waals surface area contributed by atoms with E-state index in [-0.39, 0.29) is 5.84 Å². The second-order valence-electron chi connectivity index (χ2n) is 6.88. The van der Waals surface area contributed by atoms with Gasteiger partial charge in [-0.15, -0.1) is 5.11 Å². The van der Waals surface area contributed by atoms with Crippen LogP contribution in [0.25, 0.3) is 23.1 Å². The van der Waals surface area contributed by atoms with Crippen LogP contribution in [0.15, 0.2) is 95.3 Å². The quantitative estimate of drug-likeness (QED) is 0.108. The third-order valence-corrected chi connectivity index (χ3v) is 4.69. The van der Waals surface area contributed by atoms with E-state index in [2.05, 4.69) is 21.4 Å². The SMILES string of the molecule is N=C(N=NN)c1cccc(/C=C/c2cccc(OCc3ccc4ccccc4n3)c2)c1. The first-order valence-corrected chi connectivity index (χ1v) is 9.77. The molecule has 4 rings (SSSR count). The Bertz CT molecular complexity index is 1280. The Kier molecular flexibility index (Phi) is 6.09. The normalized spacial score (nSPS) is 11.4. The highest BCUT2D eigenvalue weighted by molar-refractivity contribution is 5.97. The van der Waals surface area contributed by atoms with Crippen LogP contribution in [0.4, 0.5) is 0 Å². The summed E-state index contributed by atoms with van der Waals surface area (Å²) in [4.78, 5) is 4.65. The van der Waals surface area contributed by atoms with Gasteiger partial charge in [0.05, 0.1) is 11.2 Å². The van der Waals surface area contributed by atoms with E-state index in [9.17, 15) is 0 Å². The van der Waals surface area contributed by atoms with Crippen molar-refractivity contribution < 1.29 is 4.74 Å². The maximum absolute atomic E-state index is 7.83. The molecule has 3 aromatic carbocycles. The zero-order valence-corrected chi connectivity index (χ0v) is 16.8. The number of fused-ring (bicyclic) bond motifs is 1. The number of rotatable bonds is 6. The van der Waals surface area contributed by atoms with Crippen molar-refractivity contribution in [3.63, 3.8) is 0 Å². The van der Waals surface area contributed by atoms with Crippen LogP contribution < -0.4 is 10.6 Å². The number of aromatic nitrogens is 1. The molecule has 0 amide bonds. The van der Waals surface area contributed by atoms with Crippen molar-refractivity contribution in [3.05, 3.63) is 107 Å². The Morgan fingerprint density at radius 1 is 0.903 bits per heavy atom. The fraction of sp³-hybridized carbons (Fsp3) is 0.0400. The van der Waals surface area contributed by atoms with Crippen molar-refractivity contribution in [2.75, 3.05) is 0 Å². The molecular formula is C25H21N5O. The van der Waals surface area contributed by atoms with Crippen LogP contribution in [0.2, 0.25) is 0 Å². The molecule has 0 spiro atoms. The first-order valence-electron chi connectivity index (χ1n) is 9.77. The van der Waals surface area contributed by atoms with E-state index in [0.29, 0.717) is 12.2 Å². The fourth-order valence-corrected chi connectivity index (χ4v) is 3.15. The fourth-order valence-electron chi connectivity index (χ4n) is 3.15. The van der Waals surface area contributed by atoms with E-state index >= 15 is 0 Å². The molecule has 6 nitrogen and oxygen atoms in total. The topological polar surface area (TPSA) is 96.7 Å². The van der Waals surface area contributed by atoms with Crippen LogP contribution in [0.5, 0.6) is 5.75 Å². The summed E-state index contributed by atoms with van der Waals surface area (Å²) >= 11 is 0. The van der Waals surface area contributed by atoms with Crippen LogP contribution in [0, 0.1) is 5.41 Å². The lowest BCUT2D eigenvalue weighted by atomic mass is 10.1. The molecule has 1 aromatic heterocycles. The van der Waals surface area contributed by atoms with E-state index in [1.165, 1.54) is 0 Å². The lowest BCUT2D eigenvalue weighted by molar-refractivity contribution is 0.302. The lowest BCUT2D eigenvalue weighted by Crippen LogP contribution is -1.98. The molecule has 0 saturated carbocycles. The van der Waals surface area contributed by atoms with Crippen LogP contribution in [-0.2, 0) is 6.61 Å². The number of hydrogen-bond donors (Lipinski definition) is 2. The molecule has 1 heterocycles. The molecule has 3 N–H and O–H groups in total. The highest BCUT2D eigenvalue weighted by atomic mass is 16.5. The number of ether oxygens (including phenoxy) is 1. The van der Waals surface area contributed by atoms with E-state index in [1.807, 2.05) is 84.9 Å². The average molecular weight is 407 g/mol. The zero-order valence-electron chi connectivity index (χ0n) is 16.8. The third kappa shape index (κ3) is 5.19. The van der Waals surface area contributed by atoms with E-state index in [0.717, 1.165) is 33.5 Å². The van der Waals surface area contributed by atoms with Crippen LogP contribution in [0.1, 0.15) is 22.4 Å². The van der Waals surface area contributed by atoms with Gasteiger partial charge in [0.15, 0.2) is 5.84 Å². The maximum Gasteiger partial charge on any atom is 0.176 e. The molecule has 0 unspecified atom stereocenters. The highest BCUT2D eigenvalue weighted by Crippen LogP contribution is 2.19. The Morgan fingerprint density at radius 2 is 1.68 bits per heavy atom. The Hall–Kier alpha value is -4.32. The largest absolute Gasteiger partial charge is 0.487 e. The molecule has 0 fully saturated rings. The lowest BCUT2D eigenvalue weighted by Gasteiger charge is -2.07. The number of nitrogens with one attached hydrogen (secondary N) is 1. The van der Waals surface area contributed by atoms with Crippen molar-refractivity contribution >= 4 is 28.9 Å². The smallest absolute Gasteiger partial charge is 0.176 e. The number of pyridine rings is 1. The summed E-state index contributed by atoms with van der Waals surface area (Å²) < 4.78 is 5.95.